The minimum absolute atomic E-state index is 0.363. The first-order valence-corrected chi connectivity index (χ1v) is 5.58. The molecule has 1 aromatic carbocycles. The van der Waals surface area contributed by atoms with Gasteiger partial charge >= 0.3 is 0 Å². The van der Waals surface area contributed by atoms with Gasteiger partial charge in [0.2, 0.25) is 0 Å². The van der Waals surface area contributed by atoms with Crippen LogP contribution in [0, 0.1) is 5.41 Å². The second-order valence-electron chi connectivity index (χ2n) is 3.82. The summed E-state index contributed by atoms with van der Waals surface area (Å²) in [6.07, 6.45) is 2.68. The first-order chi connectivity index (χ1) is 8.29. The summed E-state index contributed by atoms with van der Waals surface area (Å²) in [5.41, 5.74) is 8.38. The molecule has 0 bridgehead atoms. The van der Waals surface area contributed by atoms with Gasteiger partial charge in [-0.3, -0.25) is 5.41 Å². The Morgan fingerprint density at radius 3 is 2.59 bits per heavy atom. The molecule has 5 N–H and O–H groups in total. The van der Waals surface area contributed by atoms with Crippen LogP contribution in [-0.4, -0.2) is 17.4 Å². The van der Waals surface area contributed by atoms with E-state index in [4.69, 9.17) is 11.1 Å². The van der Waals surface area contributed by atoms with Crippen molar-refractivity contribution in [1.29, 1.82) is 5.41 Å². The number of nitrogens with one attached hydrogen (secondary N) is 3. The number of aromatic amines is 1. The van der Waals surface area contributed by atoms with Crippen LogP contribution >= 0.6 is 0 Å². The third kappa shape index (κ3) is 2.95. The number of benzene rings is 1. The lowest BCUT2D eigenvalue weighted by atomic mass is 10.1. The van der Waals surface area contributed by atoms with Crippen molar-refractivity contribution in [3.8, 4) is 0 Å². The topological polar surface area (TPSA) is 77.7 Å². The summed E-state index contributed by atoms with van der Waals surface area (Å²) in [7, 11) is 0. The number of rotatable bonds is 4. The van der Waals surface area contributed by atoms with Crippen molar-refractivity contribution in [2.24, 2.45) is 5.73 Å². The van der Waals surface area contributed by atoms with Crippen LogP contribution < -0.4 is 11.1 Å². The lowest BCUT2D eigenvalue weighted by molar-refractivity contribution is 0.969. The normalized spacial score (nSPS) is 10.2. The van der Waals surface area contributed by atoms with Crippen LogP contribution in [0.2, 0.25) is 0 Å². The molecule has 0 saturated heterocycles. The number of aromatic nitrogens is 1. The standard InChI is InChI=1S/C13H16N4/c14-8-7-10-3-5-11(6-4-10)17-13(15)12-2-1-9-16-12/h1-6,9,16H,7-8,14H2,(H2,15,17). The van der Waals surface area contributed by atoms with E-state index in [1.54, 1.807) is 6.20 Å². The predicted octanol–water partition coefficient (Wildman–Crippen LogP) is 1.95. The second kappa shape index (κ2) is 5.32. The largest absolute Gasteiger partial charge is 0.359 e. The molecule has 1 aromatic heterocycles. The van der Waals surface area contributed by atoms with Crippen LogP contribution in [0.15, 0.2) is 42.6 Å². The Labute approximate surface area is 100 Å². The SMILES string of the molecule is N=C(Nc1ccc(CCN)cc1)c1ccc[nH]1. The number of amidine groups is 1. The minimum atomic E-state index is 0.363. The van der Waals surface area contributed by atoms with Crippen LogP contribution in [0.3, 0.4) is 0 Å². The highest BCUT2D eigenvalue weighted by Crippen LogP contribution is 2.11. The van der Waals surface area contributed by atoms with E-state index in [2.05, 4.69) is 10.3 Å². The molecule has 0 radical (unpaired) electrons. The minimum Gasteiger partial charge on any atom is -0.359 e. The lowest BCUT2D eigenvalue weighted by Crippen LogP contribution is -2.12. The van der Waals surface area contributed by atoms with E-state index < -0.39 is 0 Å². The number of nitrogens with two attached hydrogens (primary N) is 1. The summed E-state index contributed by atoms with van der Waals surface area (Å²) >= 11 is 0. The Hall–Kier alpha value is -2.07. The molecule has 0 spiro atoms. The van der Waals surface area contributed by atoms with Gasteiger partial charge in [-0.05, 0) is 42.8 Å². The third-order valence-corrected chi connectivity index (χ3v) is 2.52. The van der Waals surface area contributed by atoms with E-state index >= 15 is 0 Å². The molecule has 0 unspecified atom stereocenters. The van der Waals surface area contributed by atoms with E-state index in [1.807, 2.05) is 36.4 Å². The van der Waals surface area contributed by atoms with Crippen LogP contribution in [0.4, 0.5) is 5.69 Å². The van der Waals surface area contributed by atoms with Crippen molar-refractivity contribution < 1.29 is 0 Å². The Balaban J connectivity index is 2.01. The molecule has 0 aliphatic carbocycles. The van der Waals surface area contributed by atoms with Gasteiger partial charge in [0, 0.05) is 11.9 Å². The molecule has 4 heteroatoms. The van der Waals surface area contributed by atoms with Gasteiger partial charge in [0.25, 0.3) is 0 Å². The fraction of sp³-hybridized carbons (Fsp3) is 0.154. The van der Waals surface area contributed by atoms with Crippen molar-refractivity contribution in [3.63, 3.8) is 0 Å². The molecular formula is C13H16N4. The molecule has 2 rings (SSSR count). The zero-order chi connectivity index (χ0) is 12.1. The first kappa shape index (κ1) is 11.4. The fourth-order valence-electron chi connectivity index (χ4n) is 1.62. The highest BCUT2D eigenvalue weighted by atomic mass is 15.0. The third-order valence-electron chi connectivity index (χ3n) is 2.52. The molecule has 0 aliphatic rings. The van der Waals surface area contributed by atoms with E-state index in [1.165, 1.54) is 5.56 Å². The van der Waals surface area contributed by atoms with E-state index in [9.17, 15) is 0 Å². The summed E-state index contributed by atoms with van der Waals surface area (Å²) in [5, 5.41) is 10.9. The van der Waals surface area contributed by atoms with Crippen molar-refractivity contribution in [2.75, 3.05) is 11.9 Å². The predicted molar refractivity (Wildman–Crippen MR) is 70.4 cm³/mol. The second-order valence-corrected chi connectivity index (χ2v) is 3.82. The first-order valence-electron chi connectivity index (χ1n) is 5.58. The van der Waals surface area contributed by atoms with Gasteiger partial charge in [-0.25, -0.2) is 0 Å². The maximum Gasteiger partial charge on any atom is 0.146 e. The molecule has 0 saturated carbocycles. The molecule has 1 heterocycles. The van der Waals surface area contributed by atoms with E-state index in [0.717, 1.165) is 17.8 Å². The zero-order valence-electron chi connectivity index (χ0n) is 9.53. The molecule has 88 valence electrons. The van der Waals surface area contributed by atoms with Gasteiger partial charge in [0.15, 0.2) is 0 Å². The Kier molecular flexibility index (Phi) is 3.57. The maximum atomic E-state index is 7.86. The number of hydrogen-bond donors (Lipinski definition) is 4. The van der Waals surface area contributed by atoms with Gasteiger partial charge in [-0.2, -0.15) is 0 Å². The molecule has 0 fully saturated rings. The van der Waals surface area contributed by atoms with Gasteiger partial charge in [0.1, 0.15) is 5.84 Å². The van der Waals surface area contributed by atoms with E-state index in [0.29, 0.717) is 12.4 Å². The quantitative estimate of drug-likeness (QED) is 0.477. The molecule has 17 heavy (non-hydrogen) atoms. The lowest BCUT2D eigenvalue weighted by Gasteiger charge is -2.07. The van der Waals surface area contributed by atoms with Gasteiger partial charge in [0.05, 0.1) is 5.69 Å². The maximum absolute atomic E-state index is 7.86. The average Bonchev–Trinajstić information content (AvgIpc) is 2.86. The molecule has 4 nitrogen and oxygen atoms in total. The summed E-state index contributed by atoms with van der Waals surface area (Å²) < 4.78 is 0. The summed E-state index contributed by atoms with van der Waals surface area (Å²) in [5.74, 6) is 0.363. The van der Waals surface area contributed by atoms with Crippen molar-refractivity contribution in [3.05, 3.63) is 53.9 Å². The summed E-state index contributed by atoms with van der Waals surface area (Å²) in [4.78, 5) is 2.99. The van der Waals surface area contributed by atoms with Gasteiger partial charge < -0.3 is 16.0 Å². The number of hydrogen-bond acceptors (Lipinski definition) is 2. The van der Waals surface area contributed by atoms with Crippen molar-refractivity contribution in [2.45, 2.75) is 6.42 Å². The highest BCUT2D eigenvalue weighted by molar-refractivity contribution is 6.04. The molecule has 0 atom stereocenters. The highest BCUT2D eigenvalue weighted by Gasteiger charge is 2.01. The summed E-state index contributed by atoms with van der Waals surface area (Å²) in [6, 6.07) is 11.7. The number of anilines is 1. The van der Waals surface area contributed by atoms with E-state index in [-0.39, 0.29) is 0 Å². The molecular weight excluding hydrogens is 212 g/mol. The zero-order valence-corrected chi connectivity index (χ0v) is 9.53. The van der Waals surface area contributed by atoms with Crippen molar-refractivity contribution in [1.82, 2.24) is 4.98 Å². The average molecular weight is 228 g/mol. The van der Waals surface area contributed by atoms with Crippen LogP contribution in [0.25, 0.3) is 0 Å². The smallest absolute Gasteiger partial charge is 0.146 e. The van der Waals surface area contributed by atoms with Crippen LogP contribution in [0.5, 0.6) is 0 Å². The molecule has 0 amide bonds. The Morgan fingerprint density at radius 1 is 1.24 bits per heavy atom. The molecule has 0 aliphatic heterocycles. The van der Waals surface area contributed by atoms with Crippen molar-refractivity contribution >= 4 is 11.5 Å². The molecule has 2 aromatic rings. The van der Waals surface area contributed by atoms with Crippen LogP contribution in [0.1, 0.15) is 11.3 Å². The monoisotopic (exact) mass is 228 g/mol. The Bertz CT molecular complexity index is 471. The summed E-state index contributed by atoms with van der Waals surface area (Å²) in [6.45, 7) is 0.658. The Morgan fingerprint density at radius 2 is 2.00 bits per heavy atom. The van der Waals surface area contributed by atoms with Gasteiger partial charge in [-0.1, -0.05) is 12.1 Å². The number of H-pyrrole nitrogens is 1. The van der Waals surface area contributed by atoms with Crippen LogP contribution in [-0.2, 0) is 6.42 Å². The fourth-order valence-corrected chi connectivity index (χ4v) is 1.62. The van der Waals surface area contributed by atoms with Gasteiger partial charge in [-0.15, -0.1) is 0 Å².